The molecule has 2 atom stereocenters. The van der Waals surface area contributed by atoms with E-state index in [2.05, 4.69) is 10.1 Å². The van der Waals surface area contributed by atoms with E-state index in [1.807, 2.05) is 0 Å². The molecule has 0 radical (unpaired) electrons. The first kappa shape index (κ1) is 12.9. The highest BCUT2D eigenvalue weighted by atomic mass is 16.6. The summed E-state index contributed by atoms with van der Waals surface area (Å²) in [6.07, 6.45) is -2.08. The van der Waals surface area contributed by atoms with Crippen molar-refractivity contribution in [1.29, 1.82) is 0 Å². The van der Waals surface area contributed by atoms with Gasteiger partial charge < -0.3 is 15.2 Å². The van der Waals surface area contributed by atoms with Crippen molar-refractivity contribution in [3.63, 3.8) is 0 Å². The van der Waals surface area contributed by atoms with Crippen molar-refractivity contribution in [3.8, 4) is 0 Å². The maximum absolute atomic E-state index is 11.2. The van der Waals surface area contributed by atoms with E-state index in [9.17, 15) is 9.59 Å². The van der Waals surface area contributed by atoms with Gasteiger partial charge in [0.2, 0.25) is 0 Å². The van der Waals surface area contributed by atoms with Gasteiger partial charge in [0.25, 0.3) is 5.91 Å². The molecule has 0 saturated heterocycles. The zero-order valence-corrected chi connectivity index (χ0v) is 8.90. The molecule has 0 bridgehead atoms. The van der Waals surface area contributed by atoms with Gasteiger partial charge in [0, 0.05) is 6.04 Å². The van der Waals surface area contributed by atoms with Crippen molar-refractivity contribution in [3.05, 3.63) is 0 Å². The Bertz CT molecular complexity index is 213. The fourth-order valence-corrected chi connectivity index (χ4v) is 0.728. The highest BCUT2D eigenvalue weighted by Gasteiger charge is 2.20. The Morgan fingerprint density at radius 1 is 1.21 bits per heavy atom. The fourth-order valence-electron chi connectivity index (χ4n) is 0.728. The Morgan fingerprint density at radius 2 is 1.71 bits per heavy atom. The Morgan fingerprint density at radius 3 is 2.07 bits per heavy atom. The number of esters is 1. The molecule has 82 valence electrons. The van der Waals surface area contributed by atoms with Gasteiger partial charge in [-0.1, -0.05) is 0 Å². The normalized spacial score (nSPS) is 14.7. The van der Waals surface area contributed by atoms with E-state index in [-0.39, 0.29) is 11.9 Å². The van der Waals surface area contributed by atoms with E-state index in [4.69, 9.17) is 5.11 Å². The summed E-state index contributed by atoms with van der Waals surface area (Å²) in [6, 6.07) is -0.00444. The topological polar surface area (TPSA) is 75.6 Å². The quantitative estimate of drug-likeness (QED) is 0.622. The molecule has 0 spiro atoms. The number of carbonyl (C=O) groups excluding carboxylic acids is 2. The molecule has 5 heteroatoms. The van der Waals surface area contributed by atoms with Crippen molar-refractivity contribution < 1.29 is 19.4 Å². The number of aliphatic hydroxyl groups excluding tert-OH is 1. The number of aliphatic hydroxyl groups is 1. The fraction of sp³-hybridized carbons (Fsp3) is 0.778. The molecule has 0 aromatic rings. The lowest BCUT2D eigenvalue weighted by atomic mass is 10.3. The zero-order valence-electron chi connectivity index (χ0n) is 8.90. The predicted octanol–water partition coefficient (Wildman–Crippen LogP) is -0.177. The lowest BCUT2D eigenvalue weighted by molar-refractivity contribution is -0.162. The molecule has 14 heavy (non-hydrogen) atoms. The molecule has 5 nitrogen and oxygen atoms in total. The predicted molar refractivity (Wildman–Crippen MR) is 50.5 cm³/mol. The van der Waals surface area contributed by atoms with Crippen molar-refractivity contribution in [2.75, 3.05) is 0 Å². The number of rotatable bonds is 4. The molecule has 1 amide bonds. The molecule has 0 rings (SSSR count). The van der Waals surface area contributed by atoms with Crippen LogP contribution in [0.25, 0.3) is 0 Å². The van der Waals surface area contributed by atoms with Crippen LogP contribution in [0.2, 0.25) is 0 Å². The second-order valence-electron chi connectivity index (χ2n) is 3.42. The minimum Gasteiger partial charge on any atom is -0.451 e. The maximum atomic E-state index is 11.2. The largest absolute Gasteiger partial charge is 0.451 e. The summed E-state index contributed by atoms with van der Waals surface area (Å²) in [5.74, 6) is -1.16. The third-order valence-corrected chi connectivity index (χ3v) is 1.43. The average Bonchev–Trinajstić information content (AvgIpc) is 2.02. The summed E-state index contributed by atoms with van der Waals surface area (Å²) < 4.78 is 4.67. The van der Waals surface area contributed by atoms with Crippen LogP contribution in [0.4, 0.5) is 0 Å². The number of ether oxygens (including phenoxy) is 1. The van der Waals surface area contributed by atoms with Gasteiger partial charge in [-0.15, -0.1) is 0 Å². The third-order valence-electron chi connectivity index (χ3n) is 1.43. The first-order valence-corrected chi connectivity index (χ1v) is 4.53. The number of nitrogens with one attached hydrogen (secondary N) is 1. The molecular formula is C9H17NO4. The van der Waals surface area contributed by atoms with Crippen LogP contribution in [0.15, 0.2) is 0 Å². The number of hydrogen-bond acceptors (Lipinski definition) is 4. The molecular weight excluding hydrogens is 186 g/mol. The standard InChI is InChI=1S/C9H17NO4/c1-5(2)10-8(12)7(4)14-9(13)6(3)11/h5-7,11H,1-4H3,(H,10,12)/t6-,7-/m0/s1. The molecule has 2 N–H and O–H groups in total. The lowest BCUT2D eigenvalue weighted by Gasteiger charge is -2.15. The van der Waals surface area contributed by atoms with Gasteiger partial charge >= 0.3 is 5.97 Å². The van der Waals surface area contributed by atoms with Crippen molar-refractivity contribution >= 4 is 11.9 Å². The number of carbonyl (C=O) groups is 2. The molecule has 0 aromatic carbocycles. The van der Waals surface area contributed by atoms with Gasteiger partial charge in [-0.3, -0.25) is 4.79 Å². The number of hydrogen-bond donors (Lipinski definition) is 2. The smallest absolute Gasteiger partial charge is 0.335 e. The Kier molecular flexibility index (Phi) is 5.15. The maximum Gasteiger partial charge on any atom is 0.335 e. The van der Waals surface area contributed by atoms with Crippen LogP contribution >= 0.6 is 0 Å². The Balaban J connectivity index is 4.01. The average molecular weight is 203 g/mol. The zero-order chi connectivity index (χ0) is 11.3. The SMILES string of the molecule is CC(C)NC(=O)[C@H](C)OC(=O)[C@H](C)O. The van der Waals surface area contributed by atoms with Crippen LogP contribution in [0, 0.1) is 0 Å². The van der Waals surface area contributed by atoms with E-state index < -0.39 is 18.2 Å². The summed E-state index contributed by atoms with van der Waals surface area (Å²) in [4.78, 5) is 22.1. The van der Waals surface area contributed by atoms with Gasteiger partial charge in [-0.25, -0.2) is 4.79 Å². The van der Waals surface area contributed by atoms with Crippen LogP contribution in [-0.2, 0) is 14.3 Å². The van der Waals surface area contributed by atoms with E-state index in [0.29, 0.717) is 0 Å². The first-order chi connectivity index (χ1) is 6.34. The Labute approximate surface area is 83.4 Å². The molecule has 0 aromatic heterocycles. The van der Waals surface area contributed by atoms with Crippen LogP contribution in [0.1, 0.15) is 27.7 Å². The van der Waals surface area contributed by atoms with Gasteiger partial charge in [0.05, 0.1) is 0 Å². The van der Waals surface area contributed by atoms with Gasteiger partial charge in [-0.05, 0) is 27.7 Å². The summed E-state index contributed by atoms with van der Waals surface area (Å²) in [6.45, 7) is 6.36. The van der Waals surface area contributed by atoms with Crippen molar-refractivity contribution in [1.82, 2.24) is 5.32 Å². The van der Waals surface area contributed by atoms with Gasteiger partial charge in [0.15, 0.2) is 6.10 Å². The van der Waals surface area contributed by atoms with E-state index >= 15 is 0 Å². The molecule has 0 unspecified atom stereocenters. The van der Waals surface area contributed by atoms with Crippen molar-refractivity contribution in [2.45, 2.75) is 45.9 Å². The molecule has 0 fully saturated rings. The molecule has 0 aliphatic heterocycles. The molecule has 0 aliphatic carbocycles. The lowest BCUT2D eigenvalue weighted by Crippen LogP contribution is -2.40. The summed E-state index contributed by atoms with van der Waals surface area (Å²) in [5, 5.41) is 11.4. The minimum atomic E-state index is -1.20. The molecule has 0 heterocycles. The van der Waals surface area contributed by atoms with Crippen LogP contribution < -0.4 is 5.32 Å². The Hall–Kier alpha value is -1.10. The highest BCUT2D eigenvalue weighted by molar-refractivity contribution is 5.84. The summed E-state index contributed by atoms with van der Waals surface area (Å²) in [5.41, 5.74) is 0. The second-order valence-corrected chi connectivity index (χ2v) is 3.42. The molecule has 0 aliphatic rings. The summed E-state index contributed by atoms with van der Waals surface area (Å²) >= 11 is 0. The second kappa shape index (κ2) is 5.59. The van der Waals surface area contributed by atoms with Crippen LogP contribution in [-0.4, -0.2) is 35.2 Å². The van der Waals surface area contributed by atoms with E-state index in [1.165, 1.54) is 13.8 Å². The number of amides is 1. The first-order valence-electron chi connectivity index (χ1n) is 4.53. The monoisotopic (exact) mass is 203 g/mol. The van der Waals surface area contributed by atoms with Crippen LogP contribution in [0.3, 0.4) is 0 Å². The highest BCUT2D eigenvalue weighted by Crippen LogP contribution is 1.96. The minimum absolute atomic E-state index is 0.00444. The third kappa shape index (κ3) is 4.81. The van der Waals surface area contributed by atoms with Gasteiger partial charge in [-0.2, -0.15) is 0 Å². The van der Waals surface area contributed by atoms with Crippen LogP contribution in [0.5, 0.6) is 0 Å². The molecule has 0 saturated carbocycles. The van der Waals surface area contributed by atoms with Crippen molar-refractivity contribution in [2.24, 2.45) is 0 Å². The van der Waals surface area contributed by atoms with E-state index in [0.717, 1.165) is 0 Å². The van der Waals surface area contributed by atoms with Gasteiger partial charge in [0.1, 0.15) is 6.10 Å². The van der Waals surface area contributed by atoms with E-state index in [1.54, 1.807) is 13.8 Å². The summed E-state index contributed by atoms with van der Waals surface area (Å²) in [7, 11) is 0.